The molecule has 0 aliphatic carbocycles. The summed E-state index contributed by atoms with van der Waals surface area (Å²) in [5.74, 6) is -0.827. The molecule has 0 aromatic heterocycles. The van der Waals surface area contributed by atoms with Gasteiger partial charge in [-0.1, -0.05) is 12.5 Å². The molecule has 2 rings (SSSR count). The topological polar surface area (TPSA) is 12.0 Å². The molecule has 1 aliphatic rings. The van der Waals surface area contributed by atoms with Crippen LogP contribution in [0.2, 0.25) is 0 Å². The maximum absolute atomic E-state index is 13.8. The molecule has 1 saturated heterocycles. The average molecular weight is 211 g/mol. The van der Waals surface area contributed by atoms with Crippen molar-refractivity contribution < 1.29 is 8.78 Å². The van der Waals surface area contributed by atoms with Crippen LogP contribution in [-0.4, -0.2) is 6.54 Å². The van der Waals surface area contributed by atoms with Crippen molar-refractivity contribution in [1.82, 2.24) is 5.32 Å². The summed E-state index contributed by atoms with van der Waals surface area (Å²) in [4.78, 5) is 0. The largest absolute Gasteiger partial charge is 0.310 e. The Kier molecular flexibility index (Phi) is 3.00. The molecule has 1 unspecified atom stereocenters. The van der Waals surface area contributed by atoms with Crippen LogP contribution in [0.1, 0.15) is 36.4 Å². The molecule has 1 fully saturated rings. The van der Waals surface area contributed by atoms with Crippen LogP contribution in [0, 0.1) is 18.6 Å². The highest BCUT2D eigenvalue weighted by Gasteiger charge is 2.22. The second kappa shape index (κ2) is 4.27. The summed E-state index contributed by atoms with van der Waals surface area (Å²) in [5, 5.41) is 3.16. The second-order valence-corrected chi connectivity index (χ2v) is 4.09. The molecule has 0 radical (unpaired) electrons. The van der Waals surface area contributed by atoms with Gasteiger partial charge in [0.2, 0.25) is 0 Å². The van der Waals surface area contributed by atoms with Crippen LogP contribution in [0.4, 0.5) is 8.78 Å². The van der Waals surface area contributed by atoms with E-state index < -0.39 is 11.6 Å². The molecule has 0 bridgehead atoms. The van der Waals surface area contributed by atoms with Gasteiger partial charge in [-0.3, -0.25) is 0 Å². The molecular weight excluding hydrogens is 196 g/mol. The third-order valence-electron chi connectivity index (χ3n) is 2.98. The van der Waals surface area contributed by atoms with Crippen molar-refractivity contribution in [2.75, 3.05) is 6.54 Å². The third kappa shape index (κ3) is 2.02. The zero-order valence-corrected chi connectivity index (χ0v) is 8.82. The predicted molar refractivity (Wildman–Crippen MR) is 55.7 cm³/mol. The van der Waals surface area contributed by atoms with Crippen LogP contribution in [0.15, 0.2) is 12.1 Å². The van der Waals surface area contributed by atoms with Crippen molar-refractivity contribution in [3.63, 3.8) is 0 Å². The lowest BCUT2D eigenvalue weighted by atomic mass is 9.95. The molecule has 0 spiro atoms. The molecule has 1 aromatic carbocycles. The molecule has 3 heteroatoms. The molecular formula is C12H15F2N. The van der Waals surface area contributed by atoms with Crippen LogP contribution < -0.4 is 5.32 Å². The van der Waals surface area contributed by atoms with Crippen LogP contribution in [0.3, 0.4) is 0 Å². The van der Waals surface area contributed by atoms with E-state index in [0.29, 0.717) is 5.56 Å². The molecule has 82 valence electrons. The lowest BCUT2D eigenvalue weighted by Crippen LogP contribution is -2.28. The first-order chi connectivity index (χ1) is 7.20. The highest BCUT2D eigenvalue weighted by molar-refractivity contribution is 5.29. The minimum absolute atomic E-state index is 0.154. The van der Waals surface area contributed by atoms with Gasteiger partial charge >= 0.3 is 0 Å². The summed E-state index contributed by atoms with van der Waals surface area (Å²) in [6.45, 7) is 2.51. The molecule has 1 aliphatic heterocycles. The Morgan fingerprint density at radius 2 is 2.07 bits per heavy atom. The van der Waals surface area contributed by atoms with Crippen molar-refractivity contribution in [2.45, 2.75) is 32.2 Å². The molecule has 1 atom stereocenters. The number of halogens is 2. The zero-order chi connectivity index (χ0) is 10.8. The van der Waals surface area contributed by atoms with E-state index in [9.17, 15) is 8.78 Å². The predicted octanol–water partition coefficient (Wildman–Crippen LogP) is 3.09. The maximum Gasteiger partial charge on any atom is 0.133 e. The highest BCUT2D eigenvalue weighted by atomic mass is 19.1. The van der Waals surface area contributed by atoms with Crippen LogP contribution in [-0.2, 0) is 0 Å². The van der Waals surface area contributed by atoms with Crippen LogP contribution >= 0.6 is 0 Å². The fourth-order valence-corrected chi connectivity index (χ4v) is 2.10. The minimum atomic E-state index is -0.433. The van der Waals surface area contributed by atoms with E-state index in [0.717, 1.165) is 25.8 Å². The van der Waals surface area contributed by atoms with Crippen LogP contribution in [0.5, 0.6) is 0 Å². The minimum Gasteiger partial charge on any atom is -0.310 e. The lowest BCUT2D eigenvalue weighted by Gasteiger charge is -2.25. The van der Waals surface area contributed by atoms with Gasteiger partial charge in [0.25, 0.3) is 0 Å². The number of hydrogen-bond acceptors (Lipinski definition) is 1. The molecule has 15 heavy (non-hydrogen) atoms. The van der Waals surface area contributed by atoms with Crippen LogP contribution in [0.25, 0.3) is 0 Å². The Hall–Kier alpha value is -0.960. The third-order valence-corrected chi connectivity index (χ3v) is 2.98. The highest BCUT2D eigenvalue weighted by Crippen LogP contribution is 2.28. The fourth-order valence-electron chi connectivity index (χ4n) is 2.10. The van der Waals surface area contributed by atoms with Gasteiger partial charge in [0, 0.05) is 11.6 Å². The Balaban J connectivity index is 2.36. The monoisotopic (exact) mass is 211 g/mol. The number of rotatable bonds is 1. The normalized spacial score (nSPS) is 21.7. The molecule has 0 amide bonds. The summed E-state index contributed by atoms with van der Waals surface area (Å²) in [6, 6.07) is 2.68. The van der Waals surface area contributed by atoms with Crippen molar-refractivity contribution in [3.8, 4) is 0 Å². The summed E-state index contributed by atoms with van der Waals surface area (Å²) >= 11 is 0. The lowest BCUT2D eigenvalue weighted by molar-refractivity contribution is 0.384. The van der Waals surface area contributed by atoms with Gasteiger partial charge in [-0.05, 0) is 37.9 Å². The Morgan fingerprint density at radius 3 is 2.73 bits per heavy atom. The van der Waals surface area contributed by atoms with Gasteiger partial charge < -0.3 is 5.32 Å². The average Bonchev–Trinajstić information content (AvgIpc) is 2.26. The van der Waals surface area contributed by atoms with Crippen molar-refractivity contribution >= 4 is 0 Å². The van der Waals surface area contributed by atoms with E-state index in [4.69, 9.17) is 0 Å². The quantitative estimate of drug-likeness (QED) is 0.752. The number of nitrogens with one attached hydrogen (secondary N) is 1. The SMILES string of the molecule is Cc1ccc(F)c(C2CCCCN2)c1F. The molecule has 0 saturated carbocycles. The van der Waals surface area contributed by atoms with Crippen molar-refractivity contribution in [2.24, 2.45) is 0 Å². The van der Waals surface area contributed by atoms with E-state index in [1.54, 1.807) is 6.92 Å². The Bertz CT molecular complexity index is 357. The van der Waals surface area contributed by atoms with Gasteiger partial charge in [-0.25, -0.2) is 8.78 Å². The first kappa shape index (κ1) is 10.6. The number of hydrogen-bond donors (Lipinski definition) is 1. The Morgan fingerprint density at radius 1 is 1.27 bits per heavy atom. The van der Waals surface area contributed by atoms with Gasteiger partial charge in [0.05, 0.1) is 0 Å². The van der Waals surface area contributed by atoms with Crippen molar-refractivity contribution in [1.29, 1.82) is 0 Å². The number of benzene rings is 1. The first-order valence-corrected chi connectivity index (χ1v) is 5.38. The molecule has 1 heterocycles. The summed E-state index contributed by atoms with van der Waals surface area (Å²) in [6.07, 6.45) is 2.94. The summed E-state index contributed by atoms with van der Waals surface area (Å²) in [5.41, 5.74) is 0.730. The first-order valence-electron chi connectivity index (χ1n) is 5.38. The van der Waals surface area contributed by atoms with E-state index >= 15 is 0 Å². The Labute approximate surface area is 88.5 Å². The van der Waals surface area contributed by atoms with Gasteiger partial charge in [0.1, 0.15) is 11.6 Å². The molecule has 1 aromatic rings. The van der Waals surface area contributed by atoms with E-state index in [2.05, 4.69) is 5.32 Å². The number of piperidine rings is 1. The molecule has 1 nitrogen and oxygen atoms in total. The van der Waals surface area contributed by atoms with E-state index in [1.165, 1.54) is 12.1 Å². The summed E-state index contributed by atoms with van der Waals surface area (Å²) < 4.78 is 27.3. The fraction of sp³-hybridized carbons (Fsp3) is 0.500. The second-order valence-electron chi connectivity index (χ2n) is 4.09. The maximum atomic E-state index is 13.8. The van der Waals surface area contributed by atoms with Gasteiger partial charge in [0.15, 0.2) is 0 Å². The zero-order valence-electron chi connectivity index (χ0n) is 8.82. The summed E-state index contributed by atoms with van der Waals surface area (Å²) in [7, 11) is 0. The molecule has 1 N–H and O–H groups in total. The van der Waals surface area contributed by atoms with Crippen molar-refractivity contribution in [3.05, 3.63) is 34.9 Å². The smallest absolute Gasteiger partial charge is 0.133 e. The van der Waals surface area contributed by atoms with Gasteiger partial charge in [-0.15, -0.1) is 0 Å². The standard InChI is InChI=1S/C12H15F2N/c1-8-5-6-9(13)11(12(8)14)10-4-2-3-7-15-10/h5-6,10,15H,2-4,7H2,1H3. The number of aryl methyl sites for hydroxylation is 1. The van der Waals surface area contributed by atoms with E-state index in [-0.39, 0.29) is 11.6 Å². The van der Waals surface area contributed by atoms with E-state index in [1.807, 2.05) is 0 Å². The van der Waals surface area contributed by atoms with Gasteiger partial charge in [-0.2, -0.15) is 0 Å².